The van der Waals surface area contributed by atoms with Crippen LogP contribution in [0.15, 0.2) is 0 Å². The van der Waals surface area contributed by atoms with Crippen molar-refractivity contribution < 1.29 is 24.4 Å². The van der Waals surface area contributed by atoms with E-state index in [1.54, 1.807) is 0 Å². The van der Waals surface area contributed by atoms with Gasteiger partial charge >= 0.3 is 0 Å². The first-order chi connectivity index (χ1) is 17.3. The third-order valence-corrected chi connectivity index (χ3v) is 6.68. The fourth-order valence-corrected chi connectivity index (χ4v) is 4.35. The van der Waals surface area contributed by atoms with Crippen LogP contribution in [0.25, 0.3) is 0 Å². The zero-order valence-electron chi connectivity index (χ0n) is 23.7. The van der Waals surface area contributed by atoms with E-state index in [2.05, 4.69) is 13.8 Å². The van der Waals surface area contributed by atoms with Crippen LogP contribution in [0.4, 0.5) is 0 Å². The van der Waals surface area contributed by atoms with Gasteiger partial charge in [0, 0.05) is 13.2 Å². The quantitative estimate of drug-likeness (QED) is 0.0990. The van der Waals surface area contributed by atoms with Crippen LogP contribution in [-0.4, -0.2) is 62.1 Å². The van der Waals surface area contributed by atoms with Crippen LogP contribution in [0.3, 0.4) is 0 Å². The minimum atomic E-state index is -0.406. The summed E-state index contributed by atoms with van der Waals surface area (Å²) in [6, 6.07) is 0. The molecule has 0 saturated heterocycles. The van der Waals surface area contributed by atoms with Gasteiger partial charge in [0.15, 0.2) is 0 Å². The molecule has 212 valence electrons. The van der Waals surface area contributed by atoms with Crippen LogP contribution >= 0.6 is 0 Å². The number of aliphatic hydroxyl groups is 2. The molecule has 2 N–H and O–H groups in total. The topological polar surface area (TPSA) is 68.2 Å². The number of unbranched alkanes of at least 4 members (excludes halogenated alkanes) is 18. The molecular formula is C30H62O5. The number of aliphatic hydroxyl groups excluding tert-OH is 2. The van der Waals surface area contributed by atoms with Gasteiger partial charge in [-0.05, 0) is 12.8 Å². The van der Waals surface area contributed by atoms with Crippen LogP contribution < -0.4 is 0 Å². The molecule has 0 saturated carbocycles. The fourth-order valence-electron chi connectivity index (χ4n) is 4.35. The lowest BCUT2D eigenvalue weighted by atomic mass is 10.1. The van der Waals surface area contributed by atoms with Crippen molar-refractivity contribution in [1.29, 1.82) is 0 Å². The molecule has 0 rings (SSSR count). The van der Waals surface area contributed by atoms with Crippen molar-refractivity contribution in [2.75, 3.05) is 39.6 Å². The lowest BCUT2D eigenvalue weighted by Crippen LogP contribution is -2.34. The third-order valence-electron chi connectivity index (χ3n) is 6.68. The number of rotatable bonds is 30. The van der Waals surface area contributed by atoms with Gasteiger partial charge in [-0.15, -0.1) is 0 Å². The number of ether oxygens (including phenoxy) is 3. The van der Waals surface area contributed by atoms with E-state index in [0.717, 1.165) is 12.8 Å². The second kappa shape index (κ2) is 30.0. The Labute approximate surface area is 218 Å². The van der Waals surface area contributed by atoms with Crippen LogP contribution in [0, 0.1) is 0 Å². The first-order valence-electron chi connectivity index (χ1n) is 15.3. The minimum absolute atomic E-state index is 0.104. The molecule has 0 radical (unpaired) electrons. The van der Waals surface area contributed by atoms with Crippen LogP contribution in [0.5, 0.6) is 0 Å². The standard InChI is InChI=1S/C30H62O5/c1-3-5-7-9-11-13-15-17-19-21-23-33-27-29(25-31)35-30(26-32)28-34-24-22-20-18-16-14-12-10-8-6-4-2/h29-32H,3-28H2,1-2H3. The zero-order chi connectivity index (χ0) is 25.7. The molecule has 0 fully saturated rings. The molecular weight excluding hydrogens is 440 g/mol. The van der Waals surface area contributed by atoms with Crippen molar-refractivity contribution in [1.82, 2.24) is 0 Å². The van der Waals surface area contributed by atoms with Gasteiger partial charge in [0.2, 0.25) is 0 Å². The predicted molar refractivity (Wildman–Crippen MR) is 148 cm³/mol. The highest BCUT2D eigenvalue weighted by molar-refractivity contribution is 4.62. The van der Waals surface area contributed by atoms with Gasteiger partial charge in [-0.2, -0.15) is 0 Å². The Balaban J connectivity index is 3.55. The maximum Gasteiger partial charge on any atom is 0.104 e. The van der Waals surface area contributed by atoms with E-state index >= 15 is 0 Å². The largest absolute Gasteiger partial charge is 0.394 e. The van der Waals surface area contributed by atoms with Crippen LogP contribution in [-0.2, 0) is 14.2 Å². The summed E-state index contributed by atoms with van der Waals surface area (Å²) >= 11 is 0. The van der Waals surface area contributed by atoms with Gasteiger partial charge < -0.3 is 24.4 Å². The van der Waals surface area contributed by atoms with E-state index in [1.165, 1.54) is 116 Å². The molecule has 0 spiro atoms. The molecule has 5 nitrogen and oxygen atoms in total. The van der Waals surface area contributed by atoms with Crippen molar-refractivity contribution in [3.05, 3.63) is 0 Å². The molecule has 0 aliphatic rings. The lowest BCUT2D eigenvalue weighted by molar-refractivity contribution is -0.115. The first-order valence-corrected chi connectivity index (χ1v) is 15.3. The lowest BCUT2D eigenvalue weighted by Gasteiger charge is -2.22. The Morgan fingerprint density at radius 2 is 0.714 bits per heavy atom. The van der Waals surface area contributed by atoms with Crippen LogP contribution in [0.1, 0.15) is 142 Å². The highest BCUT2D eigenvalue weighted by Crippen LogP contribution is 2.12. The molecule has 0 aromatic heterocycles. The fraction of sp³-hybridized carbons (Fsp3) is 1.00. The van der Waals surface area contributed by atoms with E-state index in [-0.39, 0.29) is 13.2 Å². The smallest absolute Gasteiger partial charge is 0.104 e. The second-order valence-electron chi connectivity index (χ2n) is 10.3. The molecule has 0 heterocycles. The highest BCUT2D eigenvalue weighted by Gasteiger charge is 2.16. The summed E-state index contributed by atoms with van der Waals surface area (Å²) in [5, 5.41) is 19.2. The van der Waals surface area contributed by atoms with Crippen molar-refractivity contribution in [3.63, 3.8) is 0 Å². The van der Waals surface area contributed by atoms with Crippen molar-refractivity contribution in [3.8, 4) is 0 Å². The molecule has 0 aliphatic carbocycles. The van der Waals surface area contributed by atoms with E-state index in [1.807, 2.05) is 0 Å². The summed E-state index contributed by atoms with van der Waals surface area (Å²) < 4.78 is 17.2. The zero-order valence-corrected chi connectivity index (χ0v) is 23.7. The summed E-state index contributed by atoms with van der Waals surface area (Å²) in [6.07, 6.45) is 25.3. The molecule has 0 amide bonds. The maximum absolute atomic E-state index is 9.59. The number of hydrogen-bond donors (Lipinski definition) is 2. The normalized spacial score (nSPS) is 13.4. The Kier molecular flexibility index (Phi) is 29.9. The van der Waals surface area contributed by atoms with Gasteiger partial charge in [0.05, 0.1) is 26.4 Å². The molecule has 5 heteroatoms. The molecule has 0 bridgehead atoms. The molecule has 2 atom stereocenters. The molecule has 35 heavy (non-hydrogen) atoms. The van der Waals surface area contributed by atoms with Crippen molar-refractivity contribution >= 4 is 0 Å². The van der Waals surface area contributed by atoms with Gasteiger partial charge in [0.1, 0.15) is 12.2 Å². The maximum atomic E-state index is 9.59. The molecule has 0 aliphatic heterocycles. The van der Waals surface area contributed by atoms with E-state index < -0.39 is 12.2 Å². The Morgan fingerprint density at radius 3 is 1.00 bits per heavy atom. The Hall–Kier alpha value is -0.200. The summed E-state index contributed by atoms with van der Waals surface area (Å²) in [7, 11) is 0. The van der Waals surface area contributed by atoms with Gasteiger partial charge in [0.25, 0.3) is 0 Å². The Bertz CT molecular complexity index is 346. The highest BCUT2D eigenvalue weighted by atomic mass is 16.6. The molecule has 0 aromatic rings. The SMILES string of the molecule is CCCCCCCCCCCCOCC(CO)OC(CO)COCCCCCCCCCCCC. The van der Waals surface area contributed by atoms with Crippen molar-refractivity contribution in [2.24, 2.45) is 0 Å². The van der Waals surface area contributed by atoms with E-state index in [0.29, 0.717) is 26.4 Å². The summed E-state index contributed by atoms with van der Waals surface area (Å²) in [5.74, 6) is 0. The van der Waals surface area contributed by atoms with Crippen LogP contribution in [0.2, 0.25) is 0 Å². The number of hydrogen-bond acceptors (Lipinski definition) is 5. The van der Waals surface area contributed by atoms with E-state index in [4.69, 9.17) is 14.2 Å². The Morgan fingerprint density at radius 1 is 0.429 bits per heavy atom. The third kappa shape index (κ3) is 26.7. The molecule has 2 unspecified atom stereocenters. The molecule has 0 aromatic carbocycles. The monoisotopic (exact) mass is 502 g/mol. The summed E-state index contributed by atoms with van der Waals surface area (Å²) in [4.78, 5) is 0. The summed E-state index contributed by atoms with van der Waals surface area (Å²) in [5.41, 5.74) is 0. The van der Waals surface area contributed by atoms with Gasteiger partial charge in [-0.25, -0.2) is 0 Å². The van der Waals surface area contributed by atoms with Gasteiger partial charge in [-0.1, -0.05) is 129 Å². The average molecular weight is 503 g/mol. The first kappa shape index (κ1) is 34.8. The predicted octanol–water partition coefficient (Wildman–Crippen LogP) is 7.60. The van der Waals surface area contributed by atoms with Crippen molar-refractivity contribution in [2.45, 2.75) is 154 Å². The average Bonchev–Trinajstić information content (AvgIpc) is 2.88. The summed E-state index contributed by atoms with van der Waals surface area (Å²) in [6.45, 7) is 6.45. The minimum Gasteiger partial charge on any atom is -0.394 e. The van der Waals surface area contributed by atoms with E-state index in [9.17, 15) is 10.2 Å². The second-order valence-corrected chi connectivity index (χ2v) is 10.3. The van der Waals surface area contributed by atoms with Gasteiger partial charge in [-0.3, -0.25) is 0 Å².